The lowest BCUT2D eigenvalue weighted by Gasteiger charge is -2.08. The number of benzene rings is 3. The molecule has 6 rings (SSSR count). The number of hydrogen-bond acceptors (Lipinski definition) is 4. The van der Waals surface area contributed by atoms with Crippen LogP contribution in [-0.4, -0.2) is 24.1 Å². The third kappa shape index (κ3) is 2.73. The van der Waals surface area contributed by atoms with Gasteiger partial charge in [-0.15, -0.1) is 0 Å². The van der Waals surface area contributed by atoms with Gasteiger partial charge in [-0.1, -0.05) is 48.0 Å². The number of para-hydroxylation sites is 3. The van der Waals surface area contributed by atoms with Crippen molar-refractivity contribution >= 4 is 44.8 Å². The number of halogens is 1. The maximum absolute atomic E-state index is 13.6. The average Bonchev–Trinajstić information content (AvgIpc) is 3.12. The smallest absolute Gasteiger partial charge is 0.269 e. The quantitative estimate of drug-likeness (QED) is 0.396. The molecule has 0 aliphatic heterocycles. The Morgan fingerprint density at radius 2 is 1.45 bits per heavy atom. The van der Waals surface area contributed by atoms with Crippen molar-refractivity contribution in [3.63, 3.8) is 0 Å². The van der Waals surface area contributed by atoms with Gasteiger partial charge in [0.25, 0.3) is 5.56 Å². The molecule has 0 saturated carbocycles. The van der Waals surface area contributed by atoms with Gasteiger partial charge in [0, 0.05) is 5.02 Å². The van der Waals surface area contributed by atoms with Gasteiger partial charge in [-0.2, -0.15) is 0 Å². The first-order valence-corrected chi connectivity index (χ1v) is 10.1. The molecular formula is C24H14ClN5O. The summed E-state index contributed by atoms with van der Waals surface area (Å²) >= 11 is 6.26. The first kappa shape index (κ1) is 17.8. The summed E-state index contributed by atoms with van der Waals surface area (Å²) in [6, 6.07) is 24.4. The first-order valence-electron chi connectivity index (χ1n) is 9.70. The molecule has 0 unspecified atom stereocenters. The van der Waals surface area contributed by atoms with Gasteiger partial charge in [-0.3, -0.25) is 13.9 Å². The Bertz CT molecular complexity index is 1670. The molecule has 0 bridgehead atoms. The summed E-state index contributed by atoms with van der Waals surface area (Å²) in [7, 11) is 0. The van der Waals surface area contributed by atoms with E-state index in [9.17, 15) is 4.79 Å². The van der Waals surface area contributed by atoms with E-state index in [4.69, 9.17) is 21.6 Å². The molecule has 0 spiro atoms. The molecule has 0 aliphatic rings. The summed E-state index contributed by atoms with van der Waals surface area (Å²) in [6.07, 6.45) is 1.54. The van der Waals surface area contributed by atoms with Crippen molar-refractivity contribution in [3.05, 3.63) is 101 Å². The fourth-order valence-electron chi connectivity index (χ4n) is 3.87. The Morgan fingerprint density at radius 3 is 2.23 bits per heavy atom. The Balaban J connectivity index is 1.81. The number of rotatable bonds is 2. The molecule has 0 N–H and O–H groups in total. The largest absolute Gasteiger partial charge is 0.276 e. The van der Waals surface area contributed by atoms with E-state index in [2.05, 4.69) is 4.98 Å². The van der Waals surface area contributed by atoms with Crippen molar-refractivity contribution in [2.75, 3.05) is 0 Å². The van der Waals surface area contributed by atoms with Gasteiger partial charge in [0.15, 0.2) is 11.3 Å². The topological polar surface area (TPSA) is 65.6 Å². The van der Waals surface area contributed by atoms with Gasteiger partial charge in [-0.05, 0) is 42.5 Å². The molecular weight excluding hydrogens is 410 g/mol. The highest BCUT2D eigenvalue weighted by Crippen LogP contribution is 2.29. The second-order valence-electron chi connectivity index (χ2n) is 7.15. The molecule has 7 heteroatoms. The standard InChI is InChI=1S/C24H14ClN5O/c25-15-7-6-10-17(13-15)30-22-20(21-23(30)28-19-12-5-4-11-18(19)27-21)24(31)29(14-26-22)16-8-2-1-3-9-16/h1-14H. The summed E-state index contributed by atoms with van der Waals surface area (Å²) in [5, 5.41) is 0.999. The summed E-state index contributed by atoms with van der Waals surface area (Å²) in [4.78, 5) is 27.9. The highest BCUT2D eigenvalue weighted by Gasteiger charge is 2.21. The summed E-state index contributed by atoms with van der Waals surface area (Å²) in [5.74, 6) is 0. The van der Waals surface area contributed by atoms with Crippen LogP contribution in [0.1, 0.15) is 0 Å². The summed E-state index contributed by atoms with van der Waals surface area (Å²) in [5.41, 5.74) is 4.32. The average molecular weight is 424 g/mol. The van der Waals surface area contributed by atoms with Crippen LogP contribution in [-0.2, 0) is 0 Å². The van der Waals surface area contributed by atoms with Crippen LogP contribution in [0.2, 0.25) is 5.02 Å². The molecule has 0 radical (unpaired) electrons. The monoisotopic (exact) mass is 423 g/mol. The minimum atomic E-state index is -0.202. The maximum Gasteiger partial charge on any atom is 0.269 e. The second-order valence-corrected chi connectivity index (χ2v) is 7.59. The van der Waals surface area contributed by atoms with E-state index in [0.717, 1.165) is 22.4 Å². The highest BCUT2D eigenvalue weighted by molar-refractivity contribution is 6.30. The van der Waals surface area contributed by atoms with Crippen molar-refractivity contribution in [1.29, 1.82) is 0 Å². The summed E-state index contributed by atoms with van der Waals surface area (Å²) in [6.45, 7) is 0. The van der Waals surface area contributed by atoms with Crippen LogP contribution in [0.4, 0.5) is 0 Å². The van der Waals surface area contributed by atoms with E-state index in [-0.39, 0.29) is 5.56 Å². The fraction of sp³-hybridized carbons (Fsp3) is 0. The van der Waals surface area contributed by atoms with Crippen LogP contribution in [0.5, 0.6) is 0 Å². The molecule has 6 aromatic rings. The van der Waals surface area contributed by atoms with Gasteiger partial charge >= 0.3 is 0 Å². The van der Waals surface area contributed by atoms with Crippen LogP contribution in [0.25, 0.3) is 44.6 Å². The SMILES string of the molecule is O=c1c2c3nc4ccccc4nc3n(-c3cccc(Cl)c3)c2ncn1-c1ccccc1. The molecule has 3 aromatic heterocycles. The van der Waals surface area contributed by atoms with Crippen molar-refractivity contribution in [2.24, 2.45) is 0 Å². The van der Waals surface area contributed by atoms with Crippen molar-refractivity contribution in [2.45, 2.75) is 0 Å². The normalized spacial score (nSPS) is 11.5. The Hall–Kier alpha value is -4.03. The van der Waals surface area contributed by atoms with Crippen LogP contribution < -0.4 is 5.56 Å². The predicted octanol–water partition coefficient (Wildman–Crippen LogP) is 4.93. The first-order chi connectivity index (χ1) is 15.2. The molecule has 6 nitrogen and oxygen atoms in total. The highest BCUT2D eigenvalue weighted by atomic mass is 35.5. The zero-order chi connectivity index (χ0) is 20.9. The minimum Gasteiger partial charge on any atom is -0.276 e. The van der Waals surface area contributed by atoms with Gasteiger partial charge in [0.2, 0.25) is 0 Å². The van der Waals surface area contributed by atoms with Crippen molar-refractivity contribution < 1.29 is 0 Å². The zero-order valence-corrected chi connectivity index (χ0v) is 16.9. The van der Waals surface area contributed by atoms with E-state index >= 15 is 0 Å². The molecule has 0 saturated heterocycles. The Morgan fingerprint density at radius 1 is 0.742 bits per heavy atom. The molecule has 31 heavy (non-hydrogen) atoms. The van der Waals surface area contributed by atoms with Crippen LogP contribution in [0.3, 0.4) is 0 Å². The molecule has 3 heterocycles. The van der Waals surface area contributed by atoms with Gasteiger partial charge in [0.05, 0.1) is 22.4 Å². The number of fused-ring (bicyclic) bond motifs is 4. The van der Waals surface area contributed by atoms with Crippen molar-refractivity contribution in [1.82, 2.24) is 24.1 Å². The van der Waals surface area contributed by atoms with E-state index in [1.54, 1.807) is 12.4 Å². The summed E-state index contributed by atoms with van der Waals surface area (Å²) < 4.78 is 3.37. The fourth-order valence-corrected chi connectivity index (χ4v) is 4.05. The van der Waals surface area contributed by atoms with Gasteiger partial charge in [-0.25, -0.2) is 15.0 Å². The molecule has 3 aromatic carbocycles. The second kappa shape index (κ2) is 6.75. The lowest BCUT2D eigenvalue weighted by molar-refractivity contribution is 0.952. The number of nitrogens with zero attached hydrogens (tertiary/aromatic N) is 5. The molecule has 0 fully saturated rings. The van der Waals surface area contributed by atoms with E-state index in [0.29, 0.717) is 27.2 Å². The molecule has 0 amide bonds. The van der Waals surface area contributed by atoms with E-state index in [1.165, 1.54) is 4.57 Å². The van der Waals surface area contributed by atoms with E-state index < -0.39 is 0 Å². The van der Waals surface area contributed by atoms with Gasteiger partial charge in [0.1, 0.15) is 17.2 Å². The van der Waals surface area contributed by atoms with Crippen molar-refractivity contribution in [3.8, 4) is 11.4 Å². The third-order valence-electron chi connectivity index (χ3n) is 5.27. The lowest BCUT2D eigenvalue weighted by atomic mass is 10.3. The maximum atomic E-state index is 13.6. The predicted molar refractivity (Wildman–Crippen MR) is 122 cm³/mol. The Labute approximate surface area is 181 Å². The zero-order valence-electron chi connectivity index (χ0n) is 16.1. The number of hydrogen-bond donors (Lipinski definition) is 0. The molecule has 0 atom stereocenters. The van der Waals surface area contributed by atoms with Crippen LogP contribution in [0, 0.1) is 0 Å². The Kier molecular flexibility index (Phi) is 3.88. The molecule has 0 aliphatic carbocycles. The lowest BCUT2D eigenvalue weighted by Crippen LogP contribution is -2.18. The van der Waals surface area contributed by atoms with Crippen LogP contribution >= 0.6 is 11.6 Å². The van der Waals surface area contributed by atoms with Crippen LogP contribution in [0.15, 0.2) is 90.0 Å². The van der Waals surface area contributed by atoms with E-state index in [1.807, 2.05) is 77.4 Å². The minimum absolute atomic E-state index is 0.202. The molecule has 148 valence electrons. The van der Waals surface area contributed by atoms with Gasteiger partial charge < -0.3 is 0 Å². The number of aromatic nitrogens is 5. The third-order valence-corrected chi connectivity index (χ3v) is 5.50.